The zero-order valence-electron chi connectivity index (χ0n) is 12.3. The topological polar surface area (TPSA) is 64.7 Å². The van der Waals surface area contributed by atoms with Crippen LogP contribution in [-0.4, -0.2) is 25.5 Å². The highest BCUT2D eigenvalue weighted by molar-refractivity contribution is 5.75. The van der Waals surface area contributed by atoms with Crippen LogP contribution in [0.3, 0.4) is 0 Å². The third kappa shape index (κ3) is 3.46. The summed E-state index contributed by atoms with van der Waals surface area (Å²) in [7, 11) is 0. The number of aryl methyl sites for hydroxylation is 3. The first-order chi connectivity index (χ1) is 9.60. The smallest absolute Gasteiger partial charge is 0.222 e. The van der Waals surface area contributed by atoms with Gasteiger partial charge in [-0.3, -0.25) is 14.2 Å². The fraction of sp³-hybridized carbons (Fsp3) is 0.500. The van der Waals surface area contributed by atoms with E-state index in [1.807, 2.05) is 30.9 Å². The van der Waals surface area contributed by atoms with Gasteiger partial charge >= 0.3 is 0 Å². The molecule has 6 nitrogen and oxygen atoms in total. The van der Waals surface area contributed by atoms with Gasteiger partial charge in [0.25, 0.3) is 0 Å². The second-order valence-electron chi connectivity index (χ2n) is 4.88. The summed E-state index contributed by atoms with van der Waals surface area (Å²) in [6, 6.07) is 0. The van der Waals surface area contributed by atoms with Crippen LogP contribution in [0, 0.1) is 13.8 Å². The van der Waals surface area contributed by atoms with Crippen LogP contribution in [0.25, 0.3) is 0 Å². The number of amides is 1. The number of aromatic nitrogens is 4. The second-order valence-corrected chi connectivity index (χ2v) is 4.88. The molecule has 6 heteroatoms. The maximum absolute atomic E-state index is 11.8. The summed E-state index contributed by atoms with van der Waals surface area (Å²) in [5.74, 6) is 0.0294. The molecule has 1 amide bonds. The van der Waals surface area contributed by atoms with E-state index in [-0.39, 0.29) is 5.91 Å². The zero-order valence-corrected chi connectivity index (χ0v) is 12.3. The summed E-state index contributed by atoms with van der Waals surface area (Å²) >= 11 is 0. The van der Waals surface area contributed by atoms with Crippen molar-refractivity contribution in [1.29, 1.82) is 0 Å². The molecule has 2 aromatic heterocycles. The molecule has 1 N–H and O–H groups in total. The number of carbonyl (C=O) groups is 1. The maximum Gasteiger partial charge on any atom is 0.222 e. The van der Waals surface area contributed by atoms with Crippen LogP contribution in [-0.2, 0) is 24.4 Å². The number of hydrogen-bond donors (Lipinski definition) is 1. The van der Waals surface area contributed by atoms with Gasteiger partial charge in [0.15, 0.2) is 0 Å². The largest absolute Gasteiger partial charge is 0.352 e. The molecule has 0 spiro atoms. The first-order valence-electron chi connectivity index (χ1n) is 6.87. The van der Waals surface area contributed by atoms with Crippen LogP contribution in [0.5, 0.6) is 0 Å². The standard InChI is InChI=1S/C14H21N5O/c1-4-19-12(3)13(9-17-19)8-15-14(20)5-6-18-10-11(2)7-16-18/h7,9-10H,4-6,8H2,1-3H3,(H,15,20). The van der Waals surface area contributed by atoms with Crippen molar-refractivity contribution in [3.8, 4) is 0 Å². The minimum absolute atomic E-state index is 0.0294. The van der Waals surface area contributed by atoms with Crippen LogP contribution < -0.4 is 5.32 Å². The van der Waals surface area contributed by atoms with Crippen LogP contribution in [0.2, 0.25) is 0 Å². The lowest BCUT2D eigenvalue weighted by Gasteiger charge is -2.06. The SMILES string of the molecule is CCn1ncc(CNC(=O)CCn2cc(C)cn2)c1C. The van der Waals surface area contributed by atoms with E-state index in [1.54, 1.807) is 10.9 Å². The van der Waals surface area contributed by atoms with Gasteiger partial charge in [-0.05, 0) is 26.3 Å². The van der Waals surface area contributed by atoms with Crippen molar-refractivity contribution in [2.24, 2.45) is 0 Å². The molecule has 0 radical (unpaired) electrons. The Hall–Kier alpha value is -2.11. The van der Waals surface area contributed by atoms with Gasteiger partial charge in [0.2, 0.25) is 5.91 Å². The van der Waals surface area contributed by atoms with E-state index < -0.39 is 0 Å². The molecule has 0 saturated heterocycles. The molecular weight excluding hydrogens is 254 g/mol. The average molecular weight is 275 g/mol. The van der Waals surface area contributed by atoms with Crippen molar-refractivity contribution in [3.63, 3.8) is 0 Å². The van der Waals surface area contributed by atoms with Crippen LogP contribution in [0.15, 0.2) is 18.6 Å². The van der Waals surface area contributed by atoms with Crippen molar-refractivity contribution >= 4 is 5.91 Å². The van der Waals surface area contributed by atoms with Crippen LogP contribution >= 0.6 is 0 Å². The summed E-state index contributed by atoms with van der Waals surface area (Å²) in [5.41, 5.74) is 3.28. The highest BCUT2D eigenvalue weighted by Crippen LogP contribution is 2.06. The lowest BCUT2D eigenvalue weighted by atomic mass is 10.2. The molecule has 0 aliphatic rings. The summed E-state index contributed by atoms with van der Waals surface area (Å²) in [4.78, 5) is 11.8. The molecule has 2 rings (SSSR count). The highest BCUT2D eigenvalue weighted by Gasteiger charge is 2.07. The minimum Gasteiger partial charge on any atom is -0.352 e. The van der Waals surface area contributed by atoms with E-state index in [1.165, 1.54) is 0 Å². The van der Waals surface area contributed by atoms with E-state index in [0.29, 0.717) is 19.5 Å². The maximum atomic E-state index is 11.8. The zero-order chi connectivity index (χ0) is 14.5. The monoisotopic (exact) mass is 275 g/mol. The number of rotatable bonds is 6. The van der Waals surface area contributed by atoms with E-state index in [2.05, 4.69) is 22.4 Å². The molecule has 0 atom stereocenters. The fourth-order valence-electron chi connectivity index (χ4n) is 2.07. The van der Waals surface area contributed by atoms with Crippen molar-refractivity contribution in [2.75, 3.05) is 0 Å². The van der Waals surface area contributed by atoms with Gasteiger partial charge in [0.1, 0.15) is 0 Å². The molecule has 0 unspecified atom stereocenters. The number of carbonyl (C=O) groups excluding carboxylic acids is 1. The predicted octanol–water partition coefficient (Wildman–Crippen LogP) is 1.42. The van der Waals surface area contributed by atoms with Crippen molar-refractivity contribution in [1.82, 2.24) is 24.9 Å². The molecule has 108 valence electrons. The molecule has 2 aromatic rings. The molecule has 0 fully saturated rings. The highest BCUT2D eigenvalue weighted by atomic mass is 16.1. The summed E-state index contributed by atoms with van der Waals surface area (Å²) in [6.45, 7) is 8.03. The Bertz CT molecular complexity index is 584. The number of nitrogens with one attached hydrogen (secondary N) is 1. The Morgan fingerprint density at radius 1 is 1.30 bits per heavy atom. The third-order valence-electron chi connectivity index (χ3n) is 3.31. The first kappa shape index (κ1) is 14.3. The Morgan fingerprint density at radius 3 is 2.70 bits per heavy atom. The van der Waals surface area contributed by atoms with E-state index >= 15 is 0 Å². The predicted molar refractivity (Wildman–Crippen MR) is 76.1 cm³/mol. The molecule has 20 heavy (non-hydrogen) atoms. The molecule has 0 aliphatic carbocycles. The normalized spacial score (nSPS) is 10.8. The van der Waals surface area contributed by atoms with E-state index in [9.17, 15) is 4.79 Å². The third-order valence-corrected chi connectivity index (χ3v) is 3.31. The first-order valence-corrected chi connectivity index (χ1v) is 6.87. The molecular formula is C14H21N5O. The molecule has 2 heterocycles. The summed E-state index contributed by atoms with van der Waals surface area (Å²) in [6.07, 6.45) is 5.97. The van der Waals surface area contributed by atoms with Gasteiger partial charge < -0.3 is 5.32 Å². The van der Waals surface area contributed by atoms with Crippen molar-refractivity contribution in [2.45, 2.75) is 46.8 Å². The fourth-order valence-corrected chi connectivity index (χ4v) is 2.07. The second kappa shape index (κ2) is 6.36. The van der Waals surface area contributed by atoms with E-state index in [4.69, 9.17) is 0 Å². The Morgan fingerprint density at radius 2 is 2.10 bits per heavy atom. The lowest BCUT2D eigenvalue weighted by molar-refractivity contribution is -0.121. The summed E-state index contributed by atoms with van der Waals surface area (Å²) < 4.78 is 3.71. The molecule has 0 saturated carbocycles. The van der Waals surface area contributed by atoms with Crippen LogP contribution in [0.1, 0.15) is 30.2 Å². The van der Waals surface area contributed by atoms with Gasteiger partial charge in [0, 0.05) is 43.5 Å². The van der Waals surface area contributed by atoms with Gasteiger partial charge in [-0.15, -0.1) is 0 Å². The van der Waals surface area contributed by atoms with Gasteiger partial charge in [-0.1, -0.05) is 0 Å². The average Bonchev–Trinajstić information content (AvgIpc) is 3.00. The molecule has 0 bridgehead atoms. The quantitative estimate of drug-likeness (QED) is 0.867. The van der Waals surface area contributed by atoms with Crippen LogP contribution in [0.4, 0.5) is 0 Å². The molecule has 0 aromatic carbocycles. The van der Waals surface area contributed by atoms with E-state index in [0.717, 1.165) is 23.4 Å². The molecule has 0 aliphatic heterocycles. The Balaban J connectivity index is 1.78. The summed E-state index contributed by atoms with van der Waals surface area (Å²) in [5, 5.41) is 11.3. The minimum atomic E-state index is 0.0294. The van der Waals surface area contributed by atoms with Crippen molar-refractivity contribution in [3.05, 3.63) is 35.4 Å². The van der Waals surface area contributed by atoms with Gasteiger partial charge in [-0.2, -0.15) is 10.2 Å². The van der Waals surface area contributed by atoms with Gasteiger partial charge in [-0.25, -0.2) is 0 Å². The number of hydrogen-bond acceptors (Lipinski definition) is 3. The Labute approximate surface area is 118 Å². The number of nitrogens with zero attached hydrogens (tertiary/aromatic N) is 4. The van der Waals surface area contributed by atoms with Crippen molar-refractivity contribution < 1.29 is 4.79 Å². The Kier molecular flexibility index (Phi) is 4.55. The van der Waals surface area contributed by atoms with Gasteiger partial charge in [0.05, 0.1) is 12.4 Å². The lowest BCUT2D eigenvalue weighted by Crippen LogP contribution is -2.24.